The van der Waals surface area contributed by atoms with E-state index >= 15 is 0 Å². The molecule has 0 bridgehead atoms. The van der Waals surface area contributed by atoms with Crippen LogP contribution in [0.1, 0.15) is 23.6 Å². The summed E-state index contributed by atoms with van der Waals surface area (Å²) in [4.78, 5) is 11.5. The Hall–Kier alpha value is -2.34. The van der Waals surface area contributed by atoms with Crippen molar-refractivity contribution >= 4 is 5.97 Å². The van der Waals surface area contributed by atoms with Gasteiger partial charge >= 0.3 is 12.1 Å². The quantitative estimate of drug-likeness (QED) is 0.795. The molecule has 0 aliphatic heterocycles. The van der Waals surface area contributed by atoms with Gasteiger partial charge < -0.3 is 10.4 Å². The predicted molar refractivity (Wildman–Crippen MR) is 89.3 cm³/mol. The van der Waals surface area contributed by atoms with Crippen LogP contribution in [0.2, 0.25) is 0 Å². The molecule has 0 saturated carbocycles. The van der Waals surface area contributed by atoms with E-state index in [1.165, 1.54) is 6.07 Å². The summed E-state index contributed by atoms with van der Waals surface area (Å²) in [5.41, 5.74) is 0.698. The van der Waals surface area contributed by atoms with Crippen LogP contribution in [0.25, 0.3) is 0 Å². The summed E-state index contributed by atoms with van der Waals surface area (Å²) >= 11 is 0. The van der Waals surface area contributed by atoms with E-state index in [1.807, 2.05) is 30.3 Å². The number of hydrogen-bond acceptors (Lipinski definition) is 2. The molecule has 0 spiro atoms. The first-order valence-corrected chi connectivity index (χ1v) is 7.94. The van der Waals surface area contributed by atoms with Gasteiger partial charge in [0.25, 0.3) is 0 Å². The van der Waals surface area contributed by atoms with E-state index < -0.39 is 23.8 Å². The van der Waals surface area contributed by atoms with E-state index in [1.54, 1.807) is 13.0 Å². The molecule has 2 aromatic rings. The molecule has 0 radical (unpaired) electrons. The highest BCUT2D eigenvalue weighted by Gasteiger charge is 2.30. The Morgan fingerprint density at radius 2 is 1.68 bits per heavy atom. The maximum absolute atomic E-state index is 12.8. The molecule has 0 aromatic heterocycles. The number of rotatable bonds is 7. The molecule has 0 heterocycles. The minimum Gasteiger partial charge on any atom is -0.480 e. The minimum atomic E-state index is -4.39. The lowest BCUT2D eigenvalue weighted by atomic mass is 10.0. The Kier molecular flexibility index (Phi) is 6.20. The van der Waals surface area contributed by atoms with Crippen LogP contribution in [0.3, 0.4) is 0 Å². The molecule has 0 aliphatic carbocycles. The van der Waals surface area contributed by atoms with Crippen molar-refractivity contribution in [3.8, 4) is 0 Å². The Labute approximate surface area is 144 Å². The van der Waals surface area contributed by atoms with Gasteiger partial charge in [-0.25, -0.2) is 0 Å². The minimum absolute atomic E-state index is 0.284. The largest absolute Gasteiger partial charge is 0.480 e. The fraction of sp³-hybridized carbons (Fsp3) is 0.316. The van der Waals surface area contributed by atoms with Crippen LogP contribution < -0.4 is 5.32 Å². The third-order valence-electron chi connectivity index (χ3n) is 3.86. The van der Waals surface area contributed by atoms with Gasteiger partial charge in [-0.1, -0.05) is 48.5 Å². The van der Waals surface area contributed by atoms with Gasteiger partial charge in [-0.3, -0.25) is 4.79 Å². The summed E-state index contributed by atoms with van der Waals surface area (Å²) in [5, 5.41) is 12.4. The maximum atomic E-state index is 12.8. The molecule has 2 aromatic carbocycles. The summed E-state index contributed by atoms with van der Waals surface area (Å²) < 4.78 is 38.3. The highest BCUT2D eigenvalue weighted by atomic mass is 19.4. The Bertz CT molecular complexity index is 701. The number of hydrogen-bond donors (Lipinski definition) is 2. The van der Waals surface area contributed by atoms with E-state index in [0.29, 0.717) is 18.4 Å². The molecule has 0 aliphatic rings. The number of carboxylic acid groups (broad SMARTS) is 1. The van der Waals surface area contributed by atoms with E-state index in [9.17, 15) is 23.1 Å². The third kappa shape index (κ3) is 5.90. The maximum Gasteiger partial charge on any atom is 0.416 e. The van der Waals surface area contributed by atoms with Crippen LogP contribution in [0.15, 0.2) is 54.6 Å². The molecule has 134 valence electrons. The van der Waals surface area contributed by atoms with Crippen molar-refractivity contribution in [2.45, 2.75) is 38.0 Å². The number of benzene rings is 2. The van der Waals surface area contributed by atoms with Gasteiger partial charge in [-0.15, -0.1) is 0 Å². The molecule has 2 atom stereocenters. The fourth-order valence-electron chi connectivity index (χ4n) is 2.70. The molecule has 2 N–H and O–H groups in total. The van der Waals surface area contributed by atoms with Crippen molar-refractivity contribution in [3.05, 3.63) is 71.3 Å². The SMILES string of the molecule is CC(Cc1cccc(C(F)(F)F)c1)N[C@@H](Cc1ccccc1)C(=O)O. The fourth-order valence-corrected chi connectivity index (χ4v) is 2.70. The van der Waals surface area contributed by atoms with Crippen molar-refractivity contribution in [2.24, 2.45) is 0 Å². The topological polar surface area (TPSA) is 49.3 Å². The van der Waals surface area contributed by atoms with Crippen LogP contribution in [0.4, 0.5) is 13.2 Å². The average Bonchev–Trinajstić information content (AvgIpc) is 2.54. The Morgan fingerprint density at radius 1 is 1.04 bits per heavy atom. The van der Waals surface area contributed by atoms with Crippen molar-refractivity contribution in [1.29, 1.82) is 0 Å². The number of carbonyl (C=O) groups is 1. The highest BCUT2D eigenvalue weighted by Crippen LogP contribution is 2.29. The molecule has 1 unspecified atom stereocenters. The molecule has 0 saturated heterocycles. The van der Waals surface area contributed by atoms with Gasteiger partial charge in [-0.05, 0) is 37.0 Å². The number of nitrogens with one attached hydrogen (secondary N) is 1. The molecule has 2 rings (SSSR count). The van der Waals surface area contributed by atoms with Gasteiger partial charge in [0.1, 0.15) is 6.04 Å². The first-order valence-electron chi connectivity index (χ1n) is 7.94. The summed E-state index contributed by atoms with van der Waals surface area (Å²) in [6.45, 7) is 1.77. The van der Waals surface area contributed by atoms with Gasteiger partial charge in [-0.2, -0.15) is 13.2 Å². The zero-order valence-electron chi connectivity index (χ0n) is 13.8. The lowest BCUT2D eigenvalue weighted by Crippen LogP contribution is -2.44. The van der Waals surface area contributed by atoms with Crippen molar-refractivity contribution in [1.82, 2.24) is 5.32 Å². The van der Waals surface area contributed by atoms with Crippen LogP contribution >= 0.6 is 0 Å². The number of aliphatic carboxylic acids is 1. The first kappa shape index (κ1) is 19.0. The second kappa shape index (κ2) is 8.16. The molecule has 6 heteroatoms. The zero-order chi connectivity index (χ0) is 18.4. The van der Waals surface area contributed by atoms with E-state index in [4.69, 9.17) is 0 Å². The van der Waals surface area contributed by atoms with Crippen LogP contribution in [0.5, 0.6) is 0 Å². The van der Waals surface area contributed by atoms with Crippen LogP contribution in [-0.2, 0) is 23.8 Å². The molecular formula is C19H20F3NO2. The lowest BCUT2D eigenvalue weighted by Gasteiger charge is -2.21. The standard InChI is InChI=1S/C19H20F3NO2/c1-13(10-15-8-5-9-16(11-15)19(20,21)22)23-17(18(24)25)12-14-6-3-2-4-7-14/h2-9,11,13,17,23H,10,12H2,1H3,(H,24,25)/t13?,17-/m0/s1. The molecule has 25 heavy (non-hydrogen) atoms. The molecule has 0 fully saturated rings. The zero-order valence-corrected chi connectivity index (χ0v) is 13.8. The average molecular weight is 351 g/mol. The Morgan fingerprint density at radius 3 is 2.28 bits per heavy atom. The van der Waals surface area contributed by atoms with Gasteiger partial charge in [0.05, 0.1) is 5.56 Å². The van der Waals surface area contributed by atoms with Crippen molar-refractivity contribution in [3.63, 3.8) is 0 Å². The smallest absolute Gasteiger partial charge is 0.416 e. The van der Waals surface area contributed by atoms with E-state index in [-0.39, 0.29) is 6.04 Å². The number of carboxylic acids is 1. The predicted octanol–water partition coefficient (Wildman–Crippen LogP) is 3.92. The molecule has 0 amide bonds. The summed E-state index contributed by atoms with van der Waals surface area (Å²) in [5.74, 6) is -0.986. The Balaban J connectivity index is 2.02. The normalized spacial score (nSPS) is 14.1. The monoisotopic (exact) mass is 351 g/mol. The molecule has 3 nitrogen and oxygen atoms in total. The van der Waals surface area contributed by atoms with Crippen molar-refractivity contribution < 1.29 is 23.1 Å². The first-order chi connectivity index (χ1) is 11.8. The summed E-state index contributed by atoms with van der Waals surface area (Å²) in [7, 11) is 0. The van der Waals surface area contributed by atoms with Crippen molar-refractivity contribution in [2.75, 3.05) is 0 Å². The lowest BCUT2D eigenvalue weighted by molar-refractivity contribution is -0.139. The highest BCUT2D eigenvalue weighted by molar-refractivity contribution is 5.74. The second-order valence-electron chi connectivity index (χ2n) is 6.05. The summed E-state index contributed by atoms with van der Waals surface area (Å²) in [6, 6.07) is 13.2. The van der Waals surface area contributed by atoms with Crippen LogP contribution in [0, 0.1) is 0 Å². The molecular weight excluding hydrogens is 331 g/mol. The number of alkyl halides is 3. The van der Waals surface area contributed by atoms with Gasteiger partial charge in [0.15, 0.2) is 0 Å². The van der Waals surface area contributed by atoms with E-state index in [2.05, 4.69) is 5.32 Å². The van der Waals surface area contributed by atoms with Crippen LogP contribution in [-0.4, -0.2) is 23.2 Å². The van der Waals surface area contributed by atoms with E-state index in [0.717, 1.165) is 17.7 Å². The van der Waals surface area contributed by atoms with Gasteiger partial charge in [0, 0.05) is 6.04 Å². The van der Waals surface area contributed by atoms with Gasteiger partial charge in [0.2, 0.25) is 0 Å². The third-order valence-corrected chi connectivity index (χ3v) is 3.86. The second-order valence-corrected chi connectivity index (χ2v) is 6.05. The summed E-state index contributed by atoms with van der Waals surface area (Å²) in [6.07, 6.45) is -3.77. The number of halogens is 3.